The molecule has 8 heteroatoms. The van der Waals surface area contributed by atoms with Gasteiger partial charge in [-0.05, 0) is 76.1 Å². The lowest BCUT2D eigenvalue weighted by Crippen LogP contribution is -2.26. The Labute approximate surface area is 206 Å². The van der Waals surface area contributed by atoms with Crippen LogP contribution in [0.15, 0.2) is 42.5 Å². The number of anilines is 1. The molecule has 186 valence electrons. The number of methoxy groups -OCH3 is 1. The summed E-state index contributed by atoms with van der Waals surface area (Å²) in [6, 6.07) is 13.2. The van der Waals surface area contributed by atoms with Crippen LogP contribution in [-0.4, -0.2) is 34.6 Å². The summed E-state index contributed by atoms with van der Waals surface area (Å²) in [7, 11) is 1.61. The number of aromatic amines is 1. The summed E-state index contributed by atoms with van der Waals surface area (Å²) in [6.07, 6.45) is 0.485. The van der Waals surface area contributed by atoms with Crippen LogP contribution in [0.25, 0.3) is 0 Å². The van der Waals surface area contributed by atoms with Gasteiger partial charge in [0.2, 0.25) is 0 Å². The average molecular weight is 479 g/mol. The summed E-state index contributed by atoms with van der Waals surface area (Å²) < 4.78 is 10.8. The molecule has 2 heterocycles. The molecule has 0 radical (unpaired) electrons. The third kappa shape index (κ3) is 6.85. The van der Waals surface area contributed by atoms with E-state index in [0.717, 1.165) is 22.8 Å². The molecule has 0 atom stereocenters. The van der Waals surface area contributed by atoms with Gasteiger partial charge in [-0.2, -0.15) is 0 Å². The molecule has 3 N–H and O–H groups in total. The third-order valence-corrected chi connectivity index (χ3v) is 5.30. The predicted octanol–water partition coefficient (Wildman–Crippen LogP) is 4.79. The van der Waals surface area contributed by atoms with Crippen LogP contribution in [0.1, 0.15) is 71.2 Å². The molecule has 1 aromatic carbocycles. The molecule has 0 spiro atoms. The van der Waals surface area contributed by atoms with Crippen molar-refractivity contribution >= 4 is 17.6 Å². The molecule has 3 aromatic rings. The van der Waals surface area contributed by atoms with E-state index in [2.05, 4.69) is 20.6 Å². The third-order valence-electron chi connectivity index (χ3n) is 5.30. The Kier molecular flexibility index (Phi) is 8.17. The number of amides is 1. The minimum absolute atomic E-state index is 0.275. The first kappa shape index (κ1) is 25.8. The normalized spacial score (nSPS) is 11.1. The first-order valence-corrected chi connectivity index (χ1v) is 11.7. The first-order valence-electron chi connectivity index (χ1n) is 11.7. The smallest absolute Gasteiger partial charge is 0.355 e. The van der Waals surface area contributed by atoms with Crippen molar-refractivity contribution in [2.24, 2.45) is 0 Å². The summed E-state index contributed by atoms with van der Waals surface area (Å²) in [5.41, 5.74) is 3.81. The van der Waals surface area contributed by atoms with Crippen LogP contribution in [0, 0.1) is 6.92 Å². The van der Waals surface area contributed by atoms with Gasteiger partial charge < -0.3 is 25.1 Å². The van der Waals surface area contributed by atoms with Crippen LogP contribution in [0.2, 0.25) is 0 Å². The molecule has 2 aromatic heterocycles. The van der Waals surface area contributed by atoms with Gasteiger partial charge in [0.05, 0.1) is 31.5 Å². The SMILES string of the molecule is CCc1c(C(=O)OC(C)(C)C)[nH]c(CNc2ccc(OC)cc2)c1C(=O)NCc1cccc(C)n1. The number of carbonyl (C=O) groups is 2. The zero-order valence-corrected chi connectivity index (χ0v) is 21.2. The number of benzene rings is 1. The second-order valence-electron chi connectivity index (χ2n) is 9.22. The molecular weight excluding hydrogens is 444 g/mol. The monoisotopic (exact) mass is 478 g/mol. The van der Waals surface area contributed by atoms with Crippen LogP contribution < -0.4 is 15.4 Å². The summed E-state index contributed by atoms with van der Waals surface area (Å²) in [5.74, 6) is -0.0112. The first-order chi connectivity index (χ1) is 16.6. The quantitative estimate of drug-likeness (QED) is 0.382. The zero-order valence-electron chi connectivity index (χ0n) is 21.2. The summed E-state index contributed by atoms with van der Waals surface area (Å²) in [6.45, 7) is 9.85. The van der Waals surface area contributed by atoms with Gasteiger partial charge in [-0.1, -0.05) is 13.0 Å². The summed E-state index contributed by atoms with van der Waals surface area (Å²) >= 11 is 0. The van der Waals surface area contributed by atoms with E-state index in [1.165, 1.54) is 0 Å². The van der Waals surface area contributed by atoms with Crippen LogP contribution in [0.3, 0.4) is 0 Å². The summed E-state index contributed by atoms with van der Waals surface area (Å²) in [5, 5.41) is 6.26. The van der Waals surface area contributed by atoms with Crippen LogP contribution in [-0.2, 0) is 24.2 Å². The lowest BCUT2D eigenvalue weighted by molar-refractivity contribution is 0.00622. The molecule has 0 saturated heterocycles. The average Bonchev–Trinajstić information content (AvgIpc) is 3.19. The molecule has 3 rings (SSSR count). The Balaban J connectivity index is 1.90. The Morgan fingerprint density at radius 1 is 1.06 bits per heavy atom. The topological polar surface area (TPSA) is 105 Å². The van der Waals surface area contributed by atoms with E-state index in [1.54, 1.807) is 7.11 Å². The molecule has 8 nitrogen and oxygen atoms in total. The highest BCUT2D eigenvalue weighted by Gasteiger charge is 2.28. The van der Waals surface area contributed by atoms with E-state index in [4.69, 9.17) is 9.47 Å². The molecule has 0 saturated carbocycles. The highest BCUT2D eigenvalue weighted by molar-refractivity contribution is 6.01. The standard InChI is InChI=1S/C27H34N4O4/c1-7-21-23(25(32)29-15-19-10-8-9-17(2)30-19)22(31-24(21)26(33)35-27(3,4)5)16-28-18-11-13-20(34-6)14-12-18/h8-14,28,31H,7,15-16H2,1-6H3,(H,29,32). The van der Waals surface area contributed by atoms with Gasteiger partial charge in [0, 0.05) is 17.1 Å². The van der Waals surface area contributed by atoms with Crippen molar-refractivity contribution < 1.29 is 19.1 Å². The molecule has 0 aliphatic rings. The van der Waals surface area contributed by atoms with E-state index >= 15 is 0 Å². The summed E-state index contributed by atoms with van der Waals surface area (Å²) in [4.78, 5) is 33.9. The number of nitrogens with one attached hydrogen (secondary N) is 3. The lowest BCUT2D eigenvalue weighted by Gasteiger charge is -2.19. The fraction of sp³-hybridized carbons (Fsp3) is 0.370. The van der Waals surface area contributed by atoms with Gasteiger partial charge in [-0.25, -0.2) is 4.79 Å². The number of hydrogen-bond donors (Lipinski definition) is 3. The number of esters is 1. The highest BCUT2D eigenvalue weighted by Crippen LogP contribution is 2.25. The Morgan fingerprint density at radius 2 is 1.77 bits per heavy atom. The predicted molar refractivity (Wildman–Crippen MR) is 136 cm³/mol. The molecule has 1 amide bonds. The van der Waals surface area contributed by atoms with Crippen molar-refractivity contribution in [3.63, 3.8) is 0 Å². The minimum Gasteiger partial charge on any atom is -0.497 e. The van der Waals surface area contributed by atoms with Crippen LogP contribution >= 0.6 is 0 Å². The fourth-order valence-corrected chi connectivity index (χ4v) is 3.72. The molecule has 0 bridgehead atoms. The maximum atomic E-state index is 13.4. The van der Waals surface area contributed by atoms with Gasteiger partial charge in [0.25, 0.3) is 5.91 Å². The van der Waals surface area contributed by atoms with Crippen molar-refractivity contribution in [1.29, 1.82) is 0 Å². The lowest BCUT2D eigenvalue weighted by atomic mass is 10.0. The number of rotatable bonds is 9. The van der Waals surface area contributed by atoms with Crippen molar-refractivity contribution in [2.75, 3.05) is 12.4 Å². The number of pyridine rings is 1. The van der Waals surface area contributed by atoms with Gasteiger partial charge >= 0.3 is 5.97 Å². The fourth-order valence-electron chi connectivity index (χ4n) is 3.72. The number of aromatic nitrogens is 2. The number of carbonyl (C=O) groups excluding carboxylic acids is 2. The molecule has 35 heavy (non-hydrogen) atoms. The van der Waals surface area contributed by atoms with Crippen molar-refractivity contribution in [3.8, 4) is 5.75 Å². The van der Waals surface area contributed by atoms with Gasteiger partial charge in [0.1, 0.15) is 17.0 Å². The van der Waals surface area contributed by atoms with E-state index in [9.17, 15) is 9.59 Å². The molecular formula is C27H34N4O4. The van der Waals surface area contributed by atoms with Crippen LogP contribution in [0.5, 0.6) is 5.75 Å². The van der Waals surface area contributed by atoms with Crippen molar-refractivity contribution in [3.05, 3.63) is 76.4 Å². The largest absolute Gasteiger partial charge is 0.497 e. The molecule has 0 unspecified atom stereocenters. The Morgan fingerprint density at radius 3 is 2.37 bits per heavy atom. The number of nitrogens with zero attached hydrogens (tertiary/aromatic N) is 1. The Hall–Kier alpha value is -3.81. The Bertz CT molecular complexity index is 1180. The van der Waals surface area contributed by atoms with E-state index in [0.29, 0.717) is 35.5 Å². The number of ether oxygens (including phenoxy) is 2. The van der Waals surface area contributed by atoms with E-state index in [-0.39, 0.29) is 12.5 Å². The van der Waals surface area contributed by atoms with Gasteiger partial charge in [-0.3, -0.25) is 9.78 Å². The highest BCUT2D eigenvalue weighted by atomic mass is 16.6. The number of H-pyrrole nitrogens is 1. The van der Waals surface area contributed by atoms with E-state index < -0.39 is 11.6 Å². The van der Waals surface area contributed by atoms with E-state index in [1.807, 2.05) is 77.1 Å². The molecule has 0 aliphatic heterocycles. The van der Waals surface area contributed by atoms with Gasteiger partial charge in [-0.15, -0.1) is 0 Å². The van der Waals surface area contributed by atoms with Crippen LogP contribution in [0.4, 0.5) is 5.69 Å². The van der Waals surface area contributed by atoms with Gasteiger partial charge in [0.15, 0.2) is 0 Å². The number of aryl methyl sites for hydroxylation is 1. The van der Waals surface area contributed by atoms with Crippen molar-refractivity contribution in [2.45, 2.75) is 59.7 Å². The maximum absolute atomic E-state index is 13.4. The zero-order chi connectivity index (χ0) is 25.6. The maximum Gasteiger partial charge on any atom is 0.355 e. The molecule has 0 fully saturated rings. The second kappa shape index (κ2) is 11.1. The molecule has 0 aliphatic carbocycles. The number of hydrogen-bond acceptors (Lipinski definition) is 6. The van der Waals surface area contributed by atoms with Crippen molar-refractivity contribution in [1.82, 2.24) is 15.3 Å². The second-order valence-corrected chi connectivity index (χ2v) is 9.22. The minimum atomic E-state index is -0.659.